The zero-order valence-corrected chi connectivity index (χ0v) is 19.2. The van der Waals surface area contributed by atoms with Crippen LogP contribution in [0.3, 0.4) is 0 Å². The molecule has 3 aliphatic heterocycles. The van der Waals surface area contributed by atoms with Crippen LogP contribution in [0, 0.1) is 6.92 Å². The normalized spacial score (nSPS) is 20.5. The number of carbonyl (C=O) groups excluding carboxylic acids is 2. The van der Waals surface area contributed by atoms with Crippen molar-refractivity contribution in [3.63, 3.8) is 0 Å². The Labute approximate surface area is 192 Å². The fourth-order valence-electron chi connectivity index (χ4n) is 3.99. The molecule has 4 rings (SSSR count). The first-order valence-electron chi connectivity index (χ1n) is 10.6. The summed E-state index contributed by atoms with van der Waals surface area (Å²) >= 11 is 1.48. The minimum atomic E-state index is -0.425. The topological polar surface area (TPSA) is 71.4 Å². The van der Waals surface area contributed by atoms with E-state index in [-0.39, 0.29) is 18.9 Å². The van der Waals surface area contributed by atoms with Crippen molar-refractivity contribution in [3.05, 3.63) is 70.4 Å². The molecule has 0 radical (unpaired) electrons. The SMILES string of the molecule is C=CCOC(=O)C1=C(C)N=C2SC=C(CC(=O)N3CCOCC3)N2C1c1ccc(C)cc1. The van der Waals surface area contributed by atoms with Gasteiger partial charge in [-0.05, 0) is 24.8 Å². The number of aliphatic imine (C=N–C) groups is 1. The number of esters is 1. The van der Waals surface area contributed by atoms with E-state index in [1.807, 2.05) is 53.3 Å². The standard InChI is InChI=1S/C24H27N3O4S/c1-4-11-31-23(29)21-17(3)25-24-27(22(21)18-7-5-16(2)6-8-18)19(15-32-24)14-20(28)26-9-12-30-13-10-26/h4-8,15,22H,1,9-14H2,2-3H3. The summed E-state index contributed by atoms with van der Waals surface area (Å²) in [5, 5.41) is 2.72. The number of thioether (sulfide) groups is 1. The Balaban J connectivity index is 1.68. The summed E-state index contributed by atoms with van der Waals surface area (Å²) in [6.45, 7) is 9.92. The van der Waals surface area contributed by atoms with Crippen molar-refractivity contribution in [1.82, 2.24) is 9.80 Å². The number of morpholine rings is 1. The number of rotatable bonds is 6. The van der Waals surface area contributed by atoms with Gasteiger partial charge in [-0.15, -0.1) is 0 Å². The Kier molecular flexibility index (Phi) is 6.81. The van der Waals surface area contributed by atoms with Crippen LogP contribution < -0.4 is 0 Å². The highest BCUT2D eigenvalue weighted by Crippen LogP contribution is 2.45. The van der Waals surface area contributed by atoms with Gasteiger partial charge in [0, 0.05) is 18.8 Å². The molecule has 168 valence electrons. The molecular formula is C24H27N3O4S. The number of ether oxygens (including phenoxy) is 2. The van der Waals surface area contributed by atoms with Gasteiger partial charge in [0.25, 0.3) is 0 Å². The molecule has 1 atom stereocenters. The maximum absolute atomic E-state index is 13.0. The van der Waals surface area contributed by atoms with Crippen LogP contribution in [0.5, 0.6) is 0 Å². The molecule has 0 bridgehead atoms. The van der Waals surface area contributed by atoms with Gasteiger partial charge in [0.2, 0.25) is 5.91 Å². The number of benzene rings is 1. The summed E-state index contributed by atoms with van der Waals surface area (Å²) < 4.78 is 10.8. The Morgan fingerprint density at radius 3 is 2.66 bits per heavy atom. The smallest absolute Gasteiger partial charge is 0.338 e. The molecule has 1 amide bonds. The van der Waals surface area contributed by atoms with Gasteiger partial charge in [0.1, 0.15) is 6.61 Å². The van der Waals surface area contributed by atoms with Crippen molar-refractivity contribution in [3.8, 4) is 0 Å². The first-order valence-corrected chi connectivity index (χ1v) is 11.5. The molecule has 1 saturated heterocycles. The van der Waals surface area contributed by atoms with Crippen molar-refractivity contribution in [2.75, 3.05) is 32.9 Å². The summed E-state index contributed by atoms with van der Waals surface area (Å²) in [7, 11) is 0. The highest BCUT2D eigenvalue weighted by Gasteiger charge is 2.41. The maximum atomic E-state index is 13.0. The number of aryl methyl sites for hydroxylation is 1. The van der Waals surface area contributed by atoms with Gasteiger partial charge in [0.15, 0.2) is 5.17 Å². The molecule has 8 heteroatoms. The average Bonchev–Trinajstić information content (AvgIpc) is 3.19. The highest BCUT2D eigenvalue weighted by molar-refractivity contribution is 8.16. The van der Waals surface area contributed by atoms with Crippen molar-refractivity contribution in [1.29, 1.82) is 0 Å². The Morgan fingerprint density at radius 1 is 1.25 bits per heavy atom. The van der Waals surface area contributed by atoms with Gasteiger partial charge in [0.05, 0.1) is 36.9 Å². The van der Waals surface area contributed by atoms with Crippen LogP contribution in [0.2, 0.25) is 0 Å². The molecule has 1 unspecified atom stereocenters. The Morgan fingerprint density at radius 2 is 1.97 bits per heavy atom. The summed E-state index contributed by atoms with van der Waals surface area (Å²) in [6.07, 6.45) is 1.78. The molecule has 1 aromatic carbocycles. The third kappa shape index (κ3) is 4.52. The average molecular weight is 454 g/mol. The monoisotopic (exact) mass is 453 g/mol. The van der Waals surface area contributed by atoms with Gasteiger partial charge in [-0.1, -0.05) is 54.2 Å². The second-order valence-corrected chi connectivity index (χ2v) is 8.70. The largest absolute Gasteiger partial charge is 0.458 e. The Hall–Kier alpha value is -2.84. The van der Waals surface area contributed by atoms with E-state index in [0.717, 1.165) is 22.0 Å². The van der Waals surface area contributed by atoms with Crippen LogP contribution in [0.25, 0.3) is 0 Å². The first-order chi connectivity index (χ1) is 15.5. The van der Waals surface area contributed by atoms with Crippen molar-refractivity contribution in [2.24, 2.45) is 4.99 Å². The number of amidine groups is 1. The minimum absolute atomic E-state index is 0.0473. The molecule has 0 aromatic heterocycles. The lowest BCUT2D eigenvalue weighted by Crippen LogP contribution is -2.42. The maximum Gasteiger partial charge on any atom is 0.338 e. The molecule has 0 spiro atoms. The lowest BCUT2D eigenvalue weighted by Gasteiger charge is -2.37. The first kappa shape index (κ1) is 22.4. The molecule has 3 aliphatic rings. The lowest BCUT2D eigenvalue weighted by atomic mass is 9.93. The molecule has 1 fully saturated rings. The van der Waals surface area contributed by atoms with Gasteiger partial charge >= 0.3 is 5.97 Å². The third-order valence-corrected chi connectivity index (χ3v) is 6.53. The predicted octanol–water partition coefficient (Wildman–Crippen LogP) is 3.55. The second-order valence-electron chi connectivity index (χ2n) is 7.86. The summed E-state index contributed by atoms with van der Waals surface area (Å²) in [5.74, 6) is -0.377. The number of hydrogen-bond donors (Lipinski definition) is 0. The van der Waals surface area contributed by atoms with Crippen LogP contribution in [0.1, 0.15) is 30.5 Å². The second kappa shape index (κ2) is 9.75. The van der Waals surface area contributed by atoms with Crippen LogP contribution >= 0.6 is 11.8 Å². The van der Waals surface area contributed by atoms with Crippen molar-refractivity contribution in [2.45, 2.75) is 26.3 Å². The number of carbonyl (C=O) groups is 2. The van der Waals surface area contributed by atoms with E-state index in [4.69, 9.17) is 9.47 Å². The van der Waals surface area contributed by atoms with E-state index in [1.54, 1.807) is 6.08 Å². The summed E-state index contributed by atoms with van der Waals surface area (Å²) in [6, 6.07) is 7.66. The molecule has 0 N–H and O–H groups in total. The number of amides is 1. The van der Waals surface area contributed by atoms with E-state index in [2.05, 4.69) is 11.6 Å². The van der Waals surface area contributed by atoms with E-state index < -0.39 is 12.0 Å². The zero-order valence-electron chi connectivity index (χ0n) is 18.4. The molecule has 7 nitrogen and oxygen atoms in total. The predicted molar refractivity (Wildman–Crippen MR) is 125 cm³/mol. The van der Waals surface area contributed by atoms with Gasteiger partial charge in [-0.2, -0.15) is 0 Å². The van der Waals surface area contributed by atoms with Crippen LogP contribution in [0.4, 0.5) is 0 Å². The van der Waals surface area contributed by atoms with Crippen LogP contribution in [-0.2, 0) is 19.1 Å². The molecule has 1 aromatic rings. The Bertz CT molecular complexity index is 1010. The fourth-order valence-corrected chi connectivity index (χ4v) is 4.95. The van der Waals surface area contributed by atoms with Gasteiger partial charge in [-0.25, -0.2) is 9.79 Å². The molecule has 0 saturated carbocycles. The van der Waals surface area contributed by atoms with E-state index in [1.165, 1.54) is 11.8 Å². The van der Waals surface area contributed by atoms with E-state index >= 15 is 0 Å². The molecule has 3 heterocycles. The van der Waals surface area contributed by atoms with E-state index in [9.17, 15) is 9.59 Å². The van der Waals surface area contributed by atoms with Gasteiger partial charge < -0.3 is 19.3 Å². The summed E-state index contributed by atoms with van der Waals surface area (Å²) in [5.41, 5.74) is 4.01. The van der Waals surface area contributed by atoms with Crippen molar-refractivity contribution < 1.29 is 19.1 Å². The number of hydrogen-bond acceptors (Lipinski definition) is 7. The third-order valence-electron chi connectivity index (χ3n) is 5.64. The minimum Gasteiger partial charge on any atom is -0.458 e. The molecule has 0 aliphatic carbocycles. The summed E-state index contributed by atoms with van der Waals surface area (Å²) in [4.78, 5) is 34.5. The fraction of sp³-hybridized carbons (Fsp3) is 0.375. The van der Waals surface area contributed by atoms with Crippen LogP contribution in [-0.4, -0.2) is 59.8 Å². The molecule has 32 heavy (non-hydrogen) atoms. The number of nitrogens with zero attached hydrogens (tertiary/aromatic N) is 3. The zero-order chi connectivity index (χ0) is 22.7. The number of allylic oxidation sites excluding steroid dienone is 1. The lowest BCUT2D eigenvalue weighted by molar-refractivity contribution is -0.138. The van der Waals surface area contributed by atoms with Crippen LogP contribution in [0.15, 0.2) is 64.3 Å². The van der Waals surface area contributed by atoms with Crippen molar-refractivity contribution >= 4 is 28.8 Å². The highest BCUT2D eigenvalue weighted by atomic mass is 32.2. The molecular weight excluding hydrogens is 426 g/mol. The number of fused-ring (bicyclic) bond motifs is 1. The van der Waals surface area contributed by atoms with E-state index in [0.29, 0.717) is 37.6 Å². The van der Waals surface area contributed by atoms with Gasteiger partial charge in [-0.3, -0.25) is 4.79 Å². The quantitative estimate of drug-likeness (QED) is 0.485.